The summed E-state index contributed by atoms with van der Waals surface area (Å²) in [4.78, 5) is 38.8. The zero-order valence-electron chi connectivity index (χ0n) is 19.1. The second kappa shape index (κ2) is 10.5. The molecular weight excluding hydrogens is 422 g/mol. The summed E-state index contributed by atoms with van der Waals surface area (Å²) in [6, 6.07) is 7.11. The standard InChI is InChI=1S/C24H31N5O4/c1-33-23(31)22-19(27-29-15-3-2-6-20(22)29)16-25-24(32)26-18-10-7-17(8-11-18)9-12-21(30)28-13-4-5-14-28/h7-8,10-11H,2-6,9,12-16H2,1H3,(H2,25,26,32). The molecule has 1 saturated heterocycles. The fourth-order valence-corrected chi connectivity index (χ4v) is 4.48. The van der Waals surface area contributed by atoms with E-state index >= 15 is 0 Å². The van der Waals surface area contributed by atoms with Gasteiger partial charge in [0.2, 0.25) is 5.91 Å². The van der Waals surface area contributed by atoms with Crippen LogP contribution in [0.2, 0.25) is 0 Å². The van der Waals surface area contributed by atoms with Gasteiger partial charge in [0, 0.05) is 31.7 Å². The summed E-state index contributed by atoms with van der Waals surface area (Å²) in [7, 11) is 1.35. The Morgan fingerprint density at radius 2 is 1.76 bits per heavy atom. The van der Waals surface area contributed by atoms with Crippen LogP contribution in [-0.4, -0.2) is 52.8 Å². The van der Waals surface area contributed by atoms with Crippen LogP contribution in [0.4, 0.5) is 10.5 Å². The second-order valence-electron chi connectivity index (χ2n) is 8.53. The summed E-state index contributed by atoms with van der Waals surface area (Å²) in [6.45, 7) is 2.65. The number of methoxy groups -OCH3 is 1. The molecule has 0 aliphatic carbocycles. The molecule has 9 heteroatoms. The molecule has 1 aromatic carbocycles. The number of nitrogens with one attached hydrogen (secondary N) is 2. The number of amides is 3. The van der Waals surface area contributed by atoms with Crippen molar-refractivity contribution in [3.63, 3.8) is 0 Å². The Morgan fingerprint density at radius 1 is 1.03 bits per heavy atom. The lowest BCUT2D eigenvalue weighted by atomic mass is 10.0. The van der Waals surface area contributed by atoms with Gasteiger partial charge >= 0.3 is 12.0 Å². The number of urea groups is 1. The minimum absolute atomic E-state index is 0.132. The van der Waals surface area contributed by atoms with Crippen LogP contribution >= 0.6 is 0 Å². The molecule has 2 aliphatic heterocycles. The molecule has 2 N–H and O–H groups in total. The Kier molecular flexibility index (Phi) is 7.26. The van der Waals surface area contributed by atoms with E-state index in [0.29, 0.717) is 29.8 Å². The van der Waals surface area contributed by atoms with E-state index < -0.39 is 5.97 Å². The highest BCUT2D eigenvalue weighted by molar-refractivity contribution is 5.93. The van der Waals surface area contributed by atoms with Crippen LogP contribution < -0.4 is 10.6 Å². The van der Waals surface area contributed by atoms with Crippen LogP contribution in [0, 0.1) is 0 Å². The zero-order valence-corrected chi connectivity index (χ0v) is 19.1. The van der Waals surface area contributed by atoms with Gasteiger partial charge < -0.3 is 20.3 Å². The number of nitrogens with zero attached hydrogens (tertiary/aromatic N) is 3. The highest BCUT2D eigenvalue weighted by Gasteiger charge is 2.26. The van der Waals surface area contributed by atoms with Crippen molar-refractivity contribution in [2.45, 2.75) is 58.0 Å². The first-order valence-corrected chi connectivity index (χ1v) is 11.6. The SMILES string of the molecule is COC(=O)c1c(CNC(=O)Nc2ccc(CCC(=O)N3CCCC3)cc2)nn2c1CCCC2. The average molecular weight is 454 g/mol. The molecule has 33 heavy (non-hydrogen) atoms. The van der Waals surface area contributed by atoms with Gasteiger partial charge in [0.1, 0.15) is 5.56 Å². The van der Waals surface area contributed by atoms with E-state index in [0.717, 1.165) is 63.0 Å². The lowest BCUT2D eigenvalue weighted by molar-refractivity contribution is -0.130. The van der Waals surface area contributed by atoms with E-state index in [-0.39, 0.29) is 18.5 Å². The van der Waals surface area contributed by atoms with E-state index in [9.17, 15) is 14.4 Å². The smallest absolute Gasteiger partial charge is 0.341 e. The minimum Gasteiger partial charge on any atom is -0.465 e. The summed E-state index contributed by atoms with van der Waals surface area (Å²) in [6.07, 6.45) is 6.19. The number of ether oxygens (including phenoxy) is 1. The van der Waals surface area contributed by atoms with Gasteiger partial charge in [0.25, 0.3) is 0 Å². The normalized spacial score (nSPS) is 15.1. The Bertz CT molecular complexity index is 1010. The number of hydrogen-bond acceptors (Lipinski definition) is 5. The summed E-state index contributed by atoms with van der Waals surface area (Å²) < 4.78 is 6.78. The number of carbonyl (C=O) groups excluding carboxylic acids is 3. The third-order valence-corrected chi connectivity index (χ3v) is 6.27. The van der Waals surface area contributed by atoms with Crippen LogP contribution in [0.25, 0.3) is 0 Å². The van der Waals surface area contributed by atoms with Crippen molar-refractivity contribution in [2.75, 3.05) is 25.5 Å². The van der Waals surface area contributed by atoms with Gasteiger partial charge in [-0.2, -0.15) is 5.10 Å². The van der Waals surface area contributed by atoms with Gasteiger partial charge in [-0.05, 0) is 56.2 Å². The van der Waals surface area contributed by atoms with Gasteiger partial charge in [-0.25, -0.2) is 9.59 Å². The number of carbonyl (C=O) groups is 3. The monoisotopic (exact) mass is 453 g/mol. The molecule has 1 fully saturated rings. The Hall–Kier alpha value is -3.36. The van der Waals surface area contributed by atoms with Crippen molar-refractivity contribution >= 4 is 23.6 Å². The second-order valence-corrected chi connectivity index (χ2v) is 8.53. The van der Waals surface area contributed by atoms with Crippen molar-refractivity contribution in [3.05, 3.63) is 46.8 Å². The Morgan fingerprint density at radius 3 is 2.48 bits per heavy atom. The van der Waals surface area contributed by atoms with Crippen molar-refractivity contribution in [2.24, 2.45) is 0 Å². The van der Waals surface area contributed by atoms with Crippen molar-refractivity contribution in [3.8, 4) is 0 Å². The molecule has 3 heterocycles. The fourth-order valence-electron chi connectivity index (χ4n) is 4.48. The number of likely N-dealkylation sites (tertiary alicyclic amines) is 1. The third kappa shape index (κ3) is 5.53. The molecule has 1 aromatic heterocycles. The molecular formula is C24H31N5O4. The average Bonchev–Trinajstić information content (AvgIpc) is 3.50. The topological polar surface area (TPSA) is 106 Å². The first kappa shape index (κ1) is 22.8. The van der Waals surface area contributed by atoms with Crippen LogP contribution in [0.5, 0.6) is 0 Å². The molecule has 176 valence electrons. The van der Waals surface area contributed by atoms with Gasteiger partial charge in [0.15, 0.2) is 0 Å². The van der Waals surface area contributed by atoms with Gasteiger partial charge in [0.05, 0.1) is 25.0 Å². The molecule has 0 unspecified atom stereocenters. The first-order chi connectivity index (χ1) is 16.0. The van der Waals surface area contributed by atoms with Crippen LogP contribution in [-0.2, 0) is 35.5 Å². The summed E-state index contributed by atoms with van der Waals surface area (Å²) in [5, 5.41) is 10.1. The van der Waals surface area contributed by atoms with Crippen molar-refractivity contribution in [1.29, 1.82) is 0 Å². The summed E-state index contributed by atoms with van der Waals surface area (Å²) in [5.74, 6) is -0.212. The number of rotatable bonds is 7. The quantitative estimate of drug-likeness (QED) is 0.627. The van der Waals surface area contributed by atoms with Crippen molar-refractivity contribution in [1.82, 2.24) is 20.0 Å². The van der Waals surface area contributed by atoms with Gasteiger partial charge in [-0.1, -0.05) is 12.1 Å². The molecule has 0 radical (unpaired) electrons. The molecule has 4 rings (SSSR count). The third-order valence-electron chi connectivity index (χ3n) is 6.27. The number of aromatic nitrogens is 2. The number of fused-ring (bicyclic) bond motifs is 1. The first-order valence-electron chi connectivity index (χ1n) is 11.6. The number of esters is 1. The molecule has 2 aliphatic rings. The lowest BCUT2D eigenvalue weighted by Crippen LogP contribution is -2.29. The van der Waals surface area contributed by atoms with Gasteiger partial charge in [-0.15, -0.1) is 0 Å². The van der Waals surface area contributed by atoms with Crippen molar-refractivity contribution < 1.29 is 19.1 Å². The highest BCUT2D eigenvalue weighted by atomic mass is 16.5. The summed E-state index contributed by atoms with van der Waals surface area (Å²) >= 11 is 0. The number of hydrogen-bond donors (Lipinski definition) is 2. The predicted molar refractivity (Wildman–Crippen MR) is 123 cm³/mol. The molecule has 3 amide bonds. The maximum atomic E-state index is 12.4. The molecule has 2 aromatic rings. The number of anilines is 1. The minimum atomic E-state index is -0.422. The molecule has 0 atom stereocenters. The number of benzene rings is 1. The largest absolute Gasteiger partial charge is 0.465 e. The Balaban J connectivity index is 1.29. The highest BCUT2D eigenvalue weighted by Crippen LogP contribution is 2.22. The molecule has 0 bridgehead atoms. The van der Waals surface area contributed by atoms with E-state index in [1.54, 1.807) is 0 Å². The maximum absolute atomic E-state index is 12.4. The fraction of sp³-hybridized carbons (Fsp3) is 0.500. The van der Waals surface area contributed by atoms with E-state index in [1.807, 2.05) is 33.8 Å². The van der Waals surface area contributed by atoms with Crippen LogP contribution in [0.15, 0.2) is 24.3 Å². The van der Waals surface area contributed by atoms with E-state index in [4.69, 9.17) is 4.74 Å². The molecule has 9 nitrogen and oxygen atoms in total. The van der Waals surface area contributed by atoms with E-state index in [1.165, 1.54) is 7.11 Å². The molecule has 0 spiro atoms. The number of aryl methyl sites for hydroxylation is 2. The Labute approximate surface area is 193 Å². The zero-order chi connectivity index (χ0) is 23.2. The summed E-state index contributed by atoms with van der Waals surface area (Å²) in [5.41, 5.74) is 3.57. The lowest BCUT2D eigenvalue weighted by Gasteiger charge is -2.15. The van der Waals surface area contributed by atoms with Crippen LogP contribution in [0.3, 0.4) is 0 Å². The molecule has 0 saturated carbocycles. The van der Waals surface area contributed by atoms with Crippen LogP contribution in [0.1, 0.15) is 59.4 Å². The van der Waals surface area contributed by atoms with E-state index in [2.05, 4.69) is 15.7 Å². The maximum Gasteiger partial charge on any atom is 0.341 e. The van der Waals surface area contributed by atoms with Gasteiger partial charge in [-0.3, -0.25) is 9.48 Å². The predicted octanol–water partition coefficient (Wildman–Crippen LogP) is 2.88.